The maximum absolute atomic E-state index is 15.1. The van der Waals surface area contributed by atoms with Gasteiger partial charge in [0.25, 0.3) is 0 Å². The summed E-state index contributed by atoms with van der Waals surface area (Å²) in [6, 6.07) is 7.61. The number of hydrogen-bond acceptors (Lipinski definition) is 16. The number of aliphatic imine (C=N–C) groups is 1. The minimum atomic E-state index is -5.08. The van der Waals surface area contributed by atoms with Crippen LogP contribution in [0.5, 0.6) is 5.75 Å². The van der Waals surface area contributed by atoms with E-state index in [0.717, 1.165) is 0 Å². The van der Waals surface area contributed by atoms with Crippen molar-refractivity contribution in [3.05, 3.63) is 120 Å². The minimum absolute atomic E-state index is 0.00786. The zero-order valence-electron chi connectivity index (χ0n) is 55.4. The number of rotatable bonds is 33. The van der Waals surface area contributed by atoms with Crippen LogP contribution in [0.15, 0.2) is 103 Å². The maximum atomic E-state index is 15.1. The number of benzene rings is 3. The van der Waals surface area contributed by atoms with E-state index in [1.807, 2.05) is 0 Å². The van der Waals surface area contributed by atoms with Gasteiger partial charge in [0.15, 0.2) is 5.96 Å². The normalized spacial score (nSPS) is 16.3. The number of H-pyrrole nitrogens is 3. The molecular weight excluding hydrogens is 1340 g/mol. The highest BCUT2D eigenvalue weighted by Gasteiger charge is 2.41. The van der Waals surface area contributed by atoms with E-state index in [-0.39, 0.29) is 101 Å². The number of phenolic OH excluding ortho intramolecular Hbond substituents is 1. The van der Waals surface area contributed by atoms with Gasteiger partial charge in [-0.1, -0.05) is 62.4 Å². The number of aromatic hydroxyl groups is 1. The third kappa shape index (κ3) is 22.7. The largest absolute Gasteiger partial charge is 0.508 e. The molecule has 0 aliphatic carbocycles. The van der Waals surface area contributed by atoms with Gasteiger partial charge in [0.05, 0.1) is 12.9 Å². The Morgan fingerprint density at radius 2 is 1.17 bits per heavy atom. The number of carboxylic acid groups (broad SMARTS) is 2. The van der Waals surface area contributed by atoms with Gasteiger partial charge in [-0.15, -0.1) is 0 Å². The first-order valence-corrected chi connectivity index (χ1v) is 32.5. The predicted molar refractivity (Wildman–Crippen MR) is 358 cm³/mol. The van der Waals surface area contributed by atoms with Crippen LogP contribution in [-0.4, -0.2) is 209 Å². The van der Waals surface area contributed by atoms with Gasteiger partial charge in [-0.25, -0.2) is 9.78 Å². The number of nitrogens with two attached hydrogens (primary N) is 2. The number of aromatic amines is 3. The van der Waals surface area contributed by atoms with Crippen LogP contribution in [0.2, 0.25) is 0 Å². The van der Waals surface area contributed by atoms with Crippen LogP contribution in [0.4, 0.5) is 13.2 Å². The minimum Gasteiger partial charge on any atom is -0.508 e. The number of aliphatic carboxylic acids is 2. The van der Waals surface area contributed by atoms with Crippen molar-refractivity contribution in [1.82, 2.24) is 72.7 Å². The summed E-state index contributed by atoms with van der Waals surface area (Å²) in [6.45, 7) is 2.04. The Morgan fingerprint density at radius 1 is 0.657 bits per heavy atom. The van der Waals surface area contributed by atoms with Crippen molar-refractivity contribution in [3.8, 4) is 5.75 Å². The molecule has 3 aromatic heterocycles. The molecule has 3 aromatic carbocycles. The van der Waals surface area contributed by atoms with Gasteiger partial charge >= 0.3 is 18.1 Å². The number of alkyl halides is 3. The summed E-state index contributed by atoms with van der Waals surface area (Å²) < 4.78 is 31.7. The molecule has 102 heavy (non-hydrogen) atoms. The Balaban J connectivity index is 0.00000198. The number of halogens is 3. The van der Waals surface area contributed by atoms with Gasteiger partial charge in [-0.3, -0.25) is 57.7 Å². The molecule has 2 saturated heterocycles. The van der Waals surface area contributed by atoms with Crippen molar-refractivity contribution in [2.75, 3.05) is 26.2 Å². The van der Waals surface area contributed by atoms with Crippen molar-refractivity contribution in [2.24, 2.45) is 22.4 Å². The van der Waals surface area contributed by atoms with Crippen LogP contribution in [-0.2, 0) is 83.2 Å². The molecule has 36 heteroatoms. The summed E-state index contributed by atoms with van der Waals surface area (Å²) in [6.07, 6.45) is 1.27. The third-order valence-electron chi connectivity index (χ3n) is 16.6. The number of aliphatic hydroxyl groups is 1. The zero-order chi connectivity index (χ0) is 74.4. The highest BCUT2D eigenvalue weighted by molar-refractivity contribution is 6.00. The molecule has 0 unspecified atom stereocenters. The molecule has 0 spiro atoms. The first kappa shape index (κ1) is 77.8. The number of guanidine groups is 1. The maximum Gasteiger partial charge on any atom is 0.490 e. The van der Waals surface area contributed by atoms with E-state index < -0.39 is 139 Å². The standard InChI is InChI=1S/C64H81N17O14.C2HF3O2/c1-34(2)23-46(56(88)74-45(13-7-21-68-64(65)66)63(95)81-22-8-14-52(81)62(94)71-31-54(85)86)75-58(90)48(25-36-28-69-42-11-5-3-9-40(36)42)77-57(89)47(24-35-15-17-39(83)18-16-35)76-61(93)51(32-82)80-59(91)49(26-37-29-70-43-12-6-4-10-41(37)43)78-60(92)50(27-38-30-67-33-72-38)79-55(87)44-19-20-53(84)73-44;3-2(4,5)1(6)7/h3-6,9-12,15-18,28-30,33-34,44-52,69-70,82-83H,7-8,13-14,19-27,31-32H2,1-2H3,(H,67,72)(H,71,94)(H,73,84)(H,74,88)(H,75,90)(H,76,93)(H,77,89)(H,78,92)(H,79,87)(H,80,91)(H,85,86)(H4,65,66,68);(H,6,7)/t44-,45-,46-,47-,48+,49-,50-,51-,52-;/m0./s1. The van der Waals surface area contributed by atoms with E-state index in [0.29, 0.717) is 50.6 Å². The summed E-state index contributed by atoms with van der Waals surface area (Å²) in [7, 11) is 0. The molecule has 33 nitrogen and oxygen atoms in total. The van der Waals surface area contributed by atoms with E-state index in [2.05, 4.69) is 72.8 Å². The highest BCUT2D eigenvalue weighted by atomic mass is 19.4. The van der Waals surface area contributed by atoms with E-state index in [1.54, 1.807) is 74.8 Å². The summed E-state index contributed by atoms with van der Waals surface area (Å²) in [5, 5.41) is 62.6. The number of likely N-dealkylation sites (tertiary alicyclic amines) is 1. The number of para-hydroxylation sites is 2. The van der Waals surface area contributed by atoms with Crippen LogP contribution in [0.25, 0.3) is 21.8 Å². The van der Waals surface area contributed by atoms with Gasteiger partial charge in [0.1, 0.15) is 66.7 Å². The number of carboxylic acids is 2. The highest BCUT2D eigenvalue weighted by Crippen LogP contribution is 2.24. The molecular formula is C66H82F3N17O16. The van der Waals surface area contributed by atoms with Gasteiger partial charge in [-0.2, -0.15) is 13.2 Å². The molecule has 6 aromatic rings. The molecule has 0 saturated carbocycles. The Morgan fingerprint density at radius 3 is 1.67 bits per heavy atom. The second-order valence-electron chi connectivity index (χ2n) is 24.7. The van der Waals surface area contributed by atoms with Gasteiger partial charge in [0, 0.05) is 91.3 Å². The smallest absolute Gasteiger partial charge is 0.490 e. The molecule has 8 rings (SSSR count). The molecule has 9 atom stereocenters. The number of hydrogen-bond donors (Lipinski definition) is 18. The SMILES string of the molecule is CC(C)C[C@H](NC(=O)[C@@H](Cc1c[nH]c2ccccc12)NC(=O)[C@H](Cc1ccc(O)cc1)NC(=O)[C@H](CO)NC(=O)[C@H](Cc1c[nH]c2ccccc12)NC(=O)[C@H](Cc1cnc[nH]1)NC(=O)[C@@H]1CCC(=O)N1)C(=O)N[C@@H](CCCN=C(N)N)C(=O)N1CCC[C@H]1C(=O)NCC(=O)O.O=C(O)C(F)(F)F. The Labute approximate surface area is 580 Å². The van der Waals surface area contributed by atoms with Gasteiger partial charge < -0.3 is 99.6 Å². The molecule has 20 N–H and O–H groups in total. The number of imidazole rings is 1. The molecule has 2 aliphatic rings. The molecule has 2 aliphatic heterocycles. The number of carbonyl (C=O) groups excluding carboxylic acids is 10. The molecule has 5 heterocycles. The number of amides is 10. The fourth-order valence-electron chi connectivity index (χ4n) is 11.5. The Hall–Kier alpha value is -11.6. The second kappa shape index (κ2) is 36.5. The number of phenols is 1. The summed E-state index contributed by atoms with van der Waals surface area (Å²) in [5.74, 6) is -12.5. The lowest BCUT2D eigenvalue weighted by Gasteiger charge is -2.30. The number of aliphatic hydroxyl groups excluding tert-OH is 1. The van der Waals surface area contributed by atoms with Crippen LogP contribution >= 0.6 is 0 Å². The molecule has 2 fully saturated rings. The fourth-order valence-corrected chi connectivity index (χ4v) is 11.5. The van der Waals surface area contributed by atoms with Crippen LogP contribution in [0.1, 0.15) is 81.2 Å². The van der Waals surface area contributed by atoms with Crippen molar-refractivity contribution in [2.45, 2.75) is 145 Å². The molecule has 0 bridgehead atoms. The lowest BCUT2D eigenvalue weighted by atomic mass is 9.99. The number of carbonyl (C=O) groups is 12. The average molecular weight is 1430 g/mol. The lowest BCUT2D eigenvalue weighted by Crippen LogP contribution is -2.61. The predicted octanol–water partition coefficient (Wildman–Crippen LogP) is -1.06. The molecule has 10 amide bonds. The van der Waals surface area contributed by atoms with Crippen LogP contribution in [0.3, 0.4) is 0 Å². The number of nitrogens with zero attached hydrogens (tertiary/aromatic N) is 3. The van der Waals surface area contributed by atoms with Gasteiger partial charge in [-0.05, 0) is 85.4 Å². The molecule has 0 radical (unpaired) electrons. The second-order valence-corrected chi connectivity index (χ2v) is 24.7. The summed E-state index contributed by atoms with van der Waals surface area (Å²) in [4.78, 5) is 180. The first-order valence-electron chi connectivity index (χ1n) is 32.5. The number of aromatic nitrogens is 4. The first-order chi connectivity index (χ1) is 48.5. The number of fused-ring (bicyclic) bond motifs is 2. The monoisotopic (exact) mass is 1430 g/mol. The van der Waals surface area contributed by atoms with Gasteiger partial charge in [0.2, 0.25) is 59.1 Å². The number of nitrogens with one attached hydrogen (secondary N) is 12. The molecule has 548 valence electrons. The van der Waals surface area contributed by atoms with Crippen molar-refractivity contribution >= 4 is 98.8 Å². The van der Waals surface area contributed by atoms with Crippen molar-refractivity contribution < 1.29 is 91.1 Å². The fraction of sp³-hybridized carbons (Fsp3) is 0.424. The van der Waals surface area contributed by atoms with E-state index in [9.17, 15) is 71.6 Å². The topological polar surface area (TPSA) is 522 Å². The van der Waals surface area contributed by atoms with Crippen molar-refractivity contribution in [3.63, 3.8) is 0 Å². The lowest BCUT2D eigenvalue weighted by molar-refractivity contribution is -0.192. The van der Waals surface area contributed by atoms with Crippen LogP contribution in [0, 0.1) is 5.92 Å². The van der Waals surface area contributed by atoms with E-state index >= 15 is 9.59 Å². The van der Waals surface area contributed by atoms with Crippen LogP contribution < -0.4 is 59.3 Å². The quantitative estimate of drug-likeness (QED) is 0.0133. The summed E-state index contributed by atoms with van der Waals surface area (Å²) in [5.41, 5.74) is 14.5. The van der Waals surface area contributed by atoms with E-state index in [1.165, 1.54) is 41.7 Å². The van der Waals surface area contributed by atoms with E-state index in [4.69, 9.17) is 21.4 Å². The Kier molecular flexibility index (Phi) is 27.8. The summed E-state index contributed by atoms with van der Waals surface area (Å²) >= 11 is 0. The average Bonchev–Trinajstić information content (AvgIpc) is 1.43. The Bertz CT molecular complexity index is 3990. The third-order valence-corrected chi connectivity index (χ3v) is 16.6. The zero-order valence-corrected chi connectivity index (χ0v) is 55.4. The van der Waals surface area contributed by atoms with Crippen molar-refractivity contribution in [1.29, 1.82) is 0 Å².